The molecule has 0 aliphatic carbocycles. The molecule has 0 fully saturated rings. The highest BCUT2D eigenvalue weighted by molar-refractivity contribution is 5.85. The van der Waals surface area contributed by atoms with Gasteiger partial charge in [-0.05, 0) is 12.8 Å². The SMILES string of the molecule is CCC(CC)(CN)C(=O)NCc1ncc(C(C)(C)C)o1.Cl. The number of oxazole rings is 1. The van der Waals surface area contributed by atoms with Crippen molar-refractivity contribution < 1.29 is 9.21 Å². The average Bonchev–Trinajstić information content (AvgIpc) is 2.88. The largest absolute Gasteiger partial charge is 0.443 e. The Morgan fingerprint density at radius 1 is 1.33 bits per heavy atom. The summed E-state index contributed by atoms with van der Waals surface area (Å²) >= 11 is 0. The average molecular weight is 318 g/mol. The van der Waals surface area contributed by atoms with Gasteiger partial charge in [0.05, 0.1) is 18.2 Å². The molecule has 0 aromatic carbocycles. The van der Waals surface area contributed by atoms with Crippen LogP contribution in [0.15, 0.2) is 10.6 Å². The first kappa shape index (κ1) is 19.9. The van der Waals surface area contributed by atoms with Crippen molar-refractivity contribution in [3.05, 3.63) is 17.8 Å². The number of amides is 1. The van der Waals surface area contributed by atoms with Crippen LogP contribution in [-0.4, -0.2) is 17.4 Å². The zero-order chi connectivity index (χ0) is 15.4. The van der Waals surface area contributed by atoms with Gasteiger partial charge in [0.15, 0.2) is 0 Å². The van der Waals surface area contributed by atoms with Crippen LogP contribution in [0.4, 0.5) is 0 Å². The van der Waals surface area contributed by atoms with Crippen LogP contribution in [0.25, 0.3) is 0 Å². The summed E-state index contributed by atoms with van der Waals surface area (Å²) in [5.41, 5.74) is 5.19. The van der Waals surface area contributed by atoms with Gasteiger partial charge in [-0.3, -0.25) is 4.79 Å². The van der Waals surface area contributed by atoms with Gasteiger partial charge in [0.1, 0.15) is 5.76 Å². The highest BCUT2D eigenvalue weighted by atomic mass is 35.5. The molecule has 0 aliphatic rings. The number of carbonyl (C=O) groups is 1. The first-order chi connectivity index (χ1) is 9.29. The molecule has 21 heavy (non-hydrogen) atoms. The minimum absolute atomic E-state index is 0. The van der Waals surface area contributed by atoms with Crippen molar-refractivity contribution in [3.8, 4) is 0 Å². The van der Waals surface area contributed by atoms with Crippen LogP contribution in [0.2, 0.25) is 0 Å². The van der Waals surface area contributed by atoms with E-state index in [1.54, 1.807) is 6.20 Å². The Hall–Kier alpha value is -1.07. The number of halogens is 1. The van der Waals surface area contributed by atoms with Gasteiger partial charge in [-0.2, -0.15) is 0 Å². The number of nitrogens with two attached hydrogens (primary N) is 1. The van der Waals surface area contributed by atoms with Gasteiger partial charge in [-0.1, -0.05) is 34.6 Å². The topological polar surface area (TPSA) is 81.2 Å². The molecule has 1 amide bonds. The molecule has 0 aliphatic heterocycles. The van der Waals surface area contributed by atoms with Gasteiger partial charge in [-0.25, -0.2) is 4.98 Å². The maximum absolute atomic E-state index is 12.3. The van der Waals surface area contributed by atoms with Crippen molar-refractivity contribution in [1.82, 2.24) is 10.3 Å². The molecule has 1 rings (SSSR count). The first-order valence-electron chi connectivity index (χ1n) is 7.22. The molecule has 0 radical (unpaired) electrons. The third-order valence-electron chi connectivity index (χ3n) is 3.92. The van der Waals surface area contributed by atoms with Gasteiger partial charge in [0, 0.05) is 12.0 Å². The second-order valence-electron chi connectivity index (χ2n) is 6.24. The van der Waals surface area contributed by atoms with E-state index in [1.165, 1.54) is 0 Å². The lowest BCUT2D eigenvalue weighted by Crippen LogP contribution is -2.45. The Balaban J connectivity index is 0.00000400. The summed E-state index contributed by atoms with van der Waals surface area (Å²) in [5, 5.41) is 2.88. The standard InChI is InChI=1S/C15H27N3O2.ClH/c1-6-15(7-2,10-16)13(19)18-9-12-17-8-11(20-12)14(3,4)5;/h8H,6-7,9-10,16H2,1-5H3,(H,18,19);1H. The van der Waals surface area contributed by atoms with Crippen LogP contribution in [-0.2, 0) is 16.8 Å². The molecule has 6 heteroatoms. The molecule has 0 spiro atoms. The Morgan fingerprint density at radius 3 is 2.29 bits per heavy atom. The predicted octanol–water partition coefficient (Wildman–Crippen LogP) is 2.78. The van der Waals surface area contributed by atoms with E-state index >= 15 is 0 Å². The summed E-state index contributed by atoms with van der Waals surface area (Å²) in [5.74, 6) is 1.32. The Labute approximate surface area is 133 Å². The fourth-order valence-electron chi connectivity index (χ4n) is 2.03. The summed E-state index contributed by atoms with van der Waals surface area (Å²) in [6, 6.07) is 0. The molecule has 122 valence electrons. The monoisotopic (exact) mass is 317 g/mol. The maximum atomic E-state index is 12.3. The van der Waals surface area contributed by atoms with E-state index in [0.717, 1.165) is 18.6 Å². The molecule has 0 saturated carbocycles. The number of rotatable bonds is 6. The van der Waals surface area contributed by atoms with Gasteiger partial charge < -0.3 is 15.5 Å². The van der Waals surface area contributed by atoms with Crippen LogP contribution in [0.3, 0.4) is 0 Å². The van der Waals surface area contributed by atoms with Gasteiger partial charge >= 0.3 is 0 Å². The lowest BCUT2D eigenvalue weighted by atomic mass is 9.81. The van der Waals surface area contributed by atoms with E-state index in [2.05, 4.69) is 31.1 Å². The predicted molar refractivity (Wildman–Crippen MR) is 86.4 cm³/mol. The molecule has 0 atom stereocenters. The zero-order valence-electron chi connectivity index (χ0n) is 13.7. The molecule has 1 aromatic heterocycles. The van der Waals surface area contributed by atoms with Crippen molar-refractivity contribution in [2.24, 2.45) is 11.1 Å². The third-order valence-corrected chi connectivity index (χ3v) is 3.92. The number of hydrogen-bond acceptors (Lipinski definition) is 4. The second kappa shape index (κ2) is 7.80. The smallest absolute Gasteiger partial charge is 0.227 e. The summed E-state index contributed by atoms with van der Waals surface area (Å²) in [6.07, 6.45) is 3.17. The van der Waals surface area contributed by atoms with E-state index < -0.39 is 5.41 Å². The second-order valence-corrected chi connectivity index (χ2v) is 6.24. The van der Waals surface area contributed by atoms with E-state index in [1.807, 2.05) is 13.8 Å². The lowest BCUT2D eigenvalue weighted by molar-refractivity contribution is -0.131. The normalized spacial score (nSPS) is 11.9. The summed E-state index contributed by atoms with van der Waals surface area (Å²) < 4.78 is 5.65. The molecule has 0 bridgehead atoms. The lowest BCUT2D eigenvalue weighted by Gasteiger charge is -2.28. The number of nitrogens with one attached hydrogen (secondary N) is 1. The van der Waals surface area contributed by atoms with E-state index in [0.29, 0.717) is 19.0 Å². The van der Waals surface area contributed by atoms with Crippen LogP contribution < -0.4 is 11.1 Å². The number of carbonyl (C=O) groups excluding carboxylic acids is 1. The minimum Gasteiger partial charge on any atom is -0.443 e. The third kappa shape index (κ3) is 4.71. The molecule has 3 N–H and O–H groups in total. The zero-order valence-corrected chi connectivity index (χ0v) is 14.5. The maximum Gasteiger partial charge on any atom is 0.227 e. The van der Waals surface area contributed by atoms with Crippen LogP contribution in [0.1, 0.15) is 59.1 Å². The summed E-state index contributed by atoms with van der Waals surface area (Å²) in [6.45, 7) is 10.8. The molecular formula is C15H28ClN3O2. The molecular weight excluding hydrogens is 290 g/mol. The van der Waals surface area contributed by atoms with Crippen molar-refractivity contribution in [3.63, 3.8) is 0 Å². The Morgan fingerprint density at radius 2 is 1.90 bits per heavy atom. The van der Waals surface area contributed by atoms with Gasteiger partial charge in [-0.15, -0.1) is 12.4 Å². The molecule has 0 unspecified atom stereocenters. The van der Waals surface area contributed by atoms with Gasteiger partial charge in [0.2, 0.25) is 11.8 Å². The Bertz CT molecular complexity index is 440. The van der Waals surface area contributed by atoms with Crippen LogP contribution in [0, 0.1) is 5.41 Å². The van der Waals surface area contributed by atoms with Crippen LogP contribution >= 0.6 is 12.4 Å². The molecule has 1 aromatic rings. The summed E-state index contributed by atoms with van der Waals surface area (Å²) in [7, 11) is 0. The highest BCUT2D eigenvalue weighted by Gasteiger charge is 2.33. The van der Waals surface area contributed by atoms with E-state index in [9.17, 15) is 4.79 Å². The Kier molecular flexibility index (Phi) is 7.40. The first-order valence-corrected chi connectivity index (χ1v) is 7.22. The van der Waals surface area contributed by atoms with E-state index in [-0.39, 0.29) is 23.7 Å². The van der Waals surface area contributed by atoms with Crippen molar-refractivity contribution in [1.29, 1.82) is 0 Å². The fraction of sp³-hybridized carbons (Fsp3) is 0.733. The fourth-order valence-corrected chi connectivity index (χ4v) is 2.03. The van der Waals surface area contributed by atoms with Crippen molar-refractivity contribution in [2.75, 3.05) is 6.54 Å². The number of nitrogens with zero attached hydrogens (tertiary/aromatic N) is 1. The van der Waals surface area contributed by atoms with Gasteiger partial charge in [0.25, 0.3) is 0 Å². The van der Waals surface area contributed by atoms with Crippen LogP contribution in [0.5, 0.6) is 0 Å². The highest BCUT2D eigenvalue weighted by Crippen LogP contribution is 2.25. The molecule has 5 nitrogen and oxygen atoms in total. The van der Waals surface area contributed by atoms with Crippen molar-refractivity contribution in [2.45, 2.75) is 59.4 Å². The molecule has 0 saturated heterocycles. The quantitative estimate of drug-likeness (QED) is 0.845. The number of aromatic nitrogens is 1. The van der Waals surface area contributed by atoms with Crippen molar-refractivity contribution >= 4 is 18.3 Å². The van der Waals surface area contributed by atoms with E-state index in [4.69, 9.17) is 10.2 Å². The summed E-state index contributed by atoms with van der Waals surface area (Å²) in [4.78, 5) is 16.5. The number of hydrogen-bond donors (Lipinski definition) is 2. The minimum atomic E-state index is -0.487. The molecule has 1 heterocycles.